The minimum atomic E-state index is -4.31. The second-order valence-electron chi connectivity index (χ2n) is 3.91. The average Bonchev–Trinajstić information content (AvgIpc) is 2.37. The van der Waals surface area contributed by atoms with Crippen LogP contribution in [0.4, 0.5) is 13.2 Å². The molecule has 0 saturated carbocycles. The molecule has 1 aromatic rings. The molecule has 1 nitrogen and oxygen atoms in total. The number of hydrogen-bond acceptors (Lipinski definition) is 2. The standard InChI is InChI=1S/C14H15F3OS/c1-3-4-13(9-18)19-10(2)11-5-7-12(8-6-11)14(15,16)17/h3-8,10,18H,1,9H2,2H3/b13-4-. The first-order valence-corrected chi connectivity index (χ1v) is 6.52. The largest absolute Gasteiger partial charge is 0.416 e. The van der Waals surface area contributed by atoms with Crippen LogP contribution in [0.1, 0.15) is 23.3 Å². The molecule has 0 aliphatic rings. The van der Waals surface area contributed by atoms with E-state index in [0.29, 0.717) is 0 Å². The van der Waals surface area contributed by atoms with Crippen LogP contribution < -0.4 is 0 Å². The summed E-state index contributed by atoms with van der Waals surface area (Å²) < 4.78 is 37.3. The normalized spacial score (nSPS) is 14.3. The van der Waals surface area contributed by atoms with E-state index in [1.807, 2.05) is 6.92 Å². The van der Waals surface area contributed by atoms with Gasteiger partial charge in [0.05, 0.1) is 12.2 Å². The quantitative estimate of drug-likeness (QED) is 0.801. The zero-order chi connectivity index (χ0) is 14.5. The predicted molar refractivity (Wildman–Crippen MR) is 72.8 cm³/mol. The molecule has 0 heterocycles. The number of hydrogen-bond donors (Lipinski definition) is 1. The molecular weight excluding hydrogens is 273 g/mol. The number of rotatable bonds is 5. The SMILES string of the molecule is C=C/C=C(/CO)SC(C)c1ccc(C(F)(F)F)cc1. The highest BCUT2D eigenvalue weighted by molar-refractivity contribution is 8.03. The molecule has 1 rings (SSSR count). The molecule has 0 radical (unpaired) electrons. The van der Waals surface area contributed by atoms with E-state index in [4.69, 9.17) is 5.11 Å². The van der Waals surface area contributed by atoms with Gasteiger partial charge in [-0.3, -0.25) is 0 Å². The summed E-state index contributed by atoms with van der Waals surface area (Å²) in [5, 5.41) is 9.08. The van der Waals surface area contributed by atoms with Gasteiger partial charge in [-0.2, -0.15) is 13.2 Å². The molecule has 1 N–H and O–H groups in total. The van der Waals surface area contributed by atoms with Crippen molar-refractivity contribution in [2.45, 2.75) is 18.3 Å². The third-order valence-electron chi connectivity index (χ3n) is 2.50. The van der Waals surface area contributed by atoms with Crippen molar-refractivity contribution in [3.8, 4) is 0 Å². The molecule has 0 aliphatic heterocycles. The van der Waals surface area contributed by atoms with Gasteiger partial charge in [-0.15, -0.1) is 11.8 Å². The van der Waals surface area contributed by atoms with Crippen LogP contribution >= 0.6 is 11.8 Å². The van der Waals surface area contributed by atoms with Gasteiger partial charge in [-0.1, -0.05) is 30.9 Å². The summed E-state index contributed by atoms with van der Waals surface area (Å²) >= 11 is 1.39. The van der Waals surface area contributed by atoms with E-state index in [1.54, 1.807) is 12.2 Å². The molecule has 0 aliphatic carbocycles. The molecule has 19 heavy (non-hydrogen) atoms. The number of alkyl halides is 3. The van der Waals surface area contributed by atoms with Crippen molar-refractivity contribution in [3.63, 3.8) is 0 Å². The van der Waals surface area contributed by atoms with E-state index in [2.05, 4.69) is 6.58 Å². The Morgan fingerprint density at radius 2 is 1.95 bits per heavy atom. The Labute approximate surface area is 114 Å². The minimum absolute atomic E-state index is 0.0411. The highest BCUT2D eigenvalue weighted by atomic mass is 32.2. The summed E-state index contributed by atoms with van der Waals surface area (Å²) in [6.07, 6.45) is -1.06. The van der Waals surface area contributed by atoms with Crippen LogP contribution in [0.25, 0.3) is 0 Å². The van der Waals surface area contributed by atoms with Crippen molar-refractivity contribution in [2.75, 3.05) is 6.61 Å². The Kier molecular flexibility index (Phi) is 5.69. The summed E-state index contributed by atoms with van der Waals surface area (Å²) in [6.45, 7) is 5.31. The number of halogens is 3. The van der Waals surface area contributed by atoms with Gasteiger partial charge in [-0.25, -0.2) is 0 Å². The highest BCUT2D eigenvalue weighted by Crippen LogP contribution is 2.35. The Morgan fingerprint density at radius 3 is 2.37 bits per heavy atom. The smallest absolute Gasteiger partial charge is 0.391 e. The van der Waals surface area contributed by atoms with Gasteiger partial charge in [0, 0.05) is 10.2 Å². The van der Waals surface area contributed by atoms with E-state index in [1.165, 1.54) is 23.9 Å². The summed E-state index contributed by atoms with van der Waals surface area (Å²) in [5.74, 6) is 0. The van der Waals surface area contributed by atoms with Gasteiger partial charge < -0.3 is 5.11 Å². The van der Waals surface area contributed by atoms with Crippen molar-refractivity contribution in [3.05, 3.63) is 59.0 Å². The van der Waals surface area contributed by atoms with Gasteiger partial charge in [0.1, 0.15) is 0 Å². The van der Waals surface area contributed by atoms with E-state index in [0.717, 1.165) is 22.6 Å². The second kappa shape index (κ2) is 6.82. The first-order valence-electron chi connectivity index (χ1n) is 5.64. The third kappa shape index (κ3) is 4.76. The minimum Gasteiger partial charge on any atom is -0.391 e. The van der Waals surface area contributed by atoms with Crippen molar-refractivity contribution >= 4 is 11.8 Å². The average molecular weight is 288 g/mol. The van der Waals surface area contributed by atoms with Crippen molar-refractivity contribution < 1.29 is 18.3 Å². The van der Waals surface area contributed by atoms with Crippen LogP contribution in [-0.4, -0.2) is 11.7 Å². The molecule has 1 atom stereocenters. The summed E-state index contributed by atoms with van der Waals surface area (Å²) in [7, 11) is 0. The Hall–Kier alpha value is -1.20. The van der Waals surface area contributed by atoms with Crippen LogP contribution in [0.2, 0.25) is 0 Å². The predicted octanol–water partition coefficient (Wildman–Crippen LogP) is 4.56. The van der Waals surface area contributed by atoms with Crippen LogP contribution in [0.3, 0.4) is 0 Å². The number of aliphatic hydroxyl groups is 1. The zero-order valence-electron chi connectivity index (χ0n) is 10.4. The van der Waals surface area contributed by atoms with Gasteiger partial charge in [0.25, 0.3) is 0 Å². The monoisotopic (exact) mass is 288 g/mol. The Morgan fingerprint density at radius 1 is 1.37 bits per heavy atom. The lowest BCUT2D eigenvalue weighted by molar-refractivity contribution is -0.137. The first kappa shape index (κ1) is 15.9. The van der Waals surface area contributed by atoms with E-state index >= 15 is 0 Å². The summed E-state index contributed by atoms with van der Waals surface area (Å²) in [6, 6.07) is 5.07. The van der Waals surface area contributed by atoms with E-state index in [9.17, 15) is 13.2 Å². The van der Waals surface area contributed by atoms with Crippen LogP contribution in [0, 0.1) is 0 Å². The topological polar surface area (TPSA) is 20.2 Å². The lowest BCUT2D eigenvalue weighted by Crippen LogP contribution is -2.04. The van der Waals surface area contributed by atoms with Gasteiger partial charge in [0.2, 0.25) is 0 Å². The zero-order valence-corrected chi connectivity index (χ0v) is 11.3. The molecule has 1 unspecified atom stereocenters. The number of thioether (sulfide) groups is 1. The van der Waals surface area contributed by atoms with Gasteiger partial charge in [0.15, 0.2) is 0 Å². The number of aliphatic hydroxyl groups excluding tert-OH is 1. The van der Waals surface area contributed by atoms with E-state index < -0.39 is 11.7 Å². The summed E-state index contributed by atoms with van der Waals surface area (Å²) in [4.78, 5) is 0.724. The third-order valence-corrected chi connectivity index (χ3v) is 3.69. The van der Waals surface area contributed by atoms with Gasteiger partial charge >= 0.3 is 6.18 Å². The fraction of sp³-hybridized carbons (Fsp3) is 0.286. The maximum Gasteiger partial charge on any atom is 0.416 e. The second-order valence-corrected chi connectivity index (χ2v) is 5.37. The summed E-state index contributed by atoms with van der Waals surface area (Å²) in [5.41, 5.74) is 0.124. The molecule has 0 bridgehead atoms. The van der Waals surface area contributed by atoms with E-state index in [-0.39, 0.29) is 11.9 Å². The number of benzene rings is 1. The number of allylic oxidation sites excluding steroid dienone is 2. The van der Waals surface area contributed by atoms with Crippen molar-refractivity contribution in [2.24, 2.45) is 0 Å². The molecule has 0 saturated heterocycles. The molecule has 0 spiro atoms. The molecule has 0 aromatic heterocycles. The molecular formula is C14H15F3OS. The lowest BCUT2D eigenvalue weighted by atomic mass is 10.1. The maximum atomic E-state index is 12.4. The fourth-order valence-corrected chi connectivity index (χ4v) is 2.50. The molecule has 104 valence electrons. The van der Waals surface area contributed by atoms with Gasteiger partial charge in [-0.05, 0) is 24.6 Å². The Balaban J connectivity index is 2.81. The lowest BCUT2D eigenvalue weighted by Gasteiger charge is -2.14. The van der Waals surface area contributed by atoms with Crippen LogP contribution in [-0.2, 0) is 6.18 Å². The molecule has 1 aromatic carbocycles. The molecule has 0 fully saturated rings. The maximum absolute atomic E-state index is 12.4. The first-order chi connectivity index (χ1) is 8.88. The van der Waals surface area contributed by atoms with Crippen LogP contribution in [0.15, 0.2) is 47.9 Å². The highest BCUT2D eigenvalue weighted by Gasteiger charge is 2.30. The molecule has 5 heteroatoms. The van der Waals surface area contributed by atoms with Crippen LogP contribution in [0.5, 0.6) is 0 Å². The van der Waals surface area contributed by atoms with Crippen molar-refractivity contribution in [1.29, 1.82) is 0 Å². The van der Waals surface area contributed by atoms with Crippen molar-refractivity contribution in [1.82, 2.24) is 0 Å². The molecule has 0 amide bonds. The fourth-order valence-electron chi connectivity index (χ4n) is 1.50. The Bertz CT molecular complexity index is 449.